The van der Waals surface area contributed by atoms with Crippen LogP contribution in [-0.2, 0) is 19.1 Å². The molecule has 21 heavy (non-hydrogen) atoms. The summed E-state index contributed by atoms with van der Waals surface area (Å²) < 4.78 is 4.81. The minimum absolute atomic E-state index is 0.0637. The molecule has 0 aromatic rings. The van der Waals surface area contributed by atoms with Gasteiger partial charge < -0.3 is 9.84 Å². The van der Waals surface area contributed by atoms with E-state index in [2.05, 4.69) is 0 Å². The minimum atomic E-state index is -1.17. The molecule has 1 N–H and O–H groups in total. The first-order chi connectivity index (χ1) is 9.34. The Hall–Kier alpha value is -1.39. The number of carbonyl (C=O) groups excluding carboxylic acids is 2. The van der Waals surface area contributed by atoms with Crippen molar-refractivity contribution in [1.82, 2.24) is 0 Å². The van der Waals surface area contributed by atoms with Crippen molar-refractivity contribution in [2.45, 2.75) is 60.8 Å². The van der Waals surface area contributed by atoms with Gasteiger partial charge in [0.25, 0.3) is 0 Å². The zero-order valence-electron chi connectivity index (χ0n) is 14.2. The van der Waals surface area contributed by atoms with Crippen molar-refractivity contribution in [2.75, 3.05) is 7.11 Å². The normalized spacial score (nSPS) is 17.5. The number of carboxylic acids is 1. The molecule has 5 nitrogen and oxygen atoms in total. The van der Waals surface area contributed by atoms with Crippen molar-refractivity contribution >= 4 is 17.7 Å². The number of rotatable bonds is 8. The average Bonchev–Trinajstić information content (AvgIpc) is 2.36. The fraction of sp³-hybridized carbons (Fsp3) is 0.812. The molecule has 2 unspecified atom stereocenters. The van der Waals surface area contributed by atoms with Crippen molar-refractivity contribution < 1.29 is 24.2 Å². The molecule has 2 atom stereocenters. The van der Waals surface area contributed by atoms with Crippen molar-refractivity contribution in [3.8, 4) is 0 Å². The molecular weight excluding hydrogens is 272 g/mol. The summed E-state index contributed by atoms with van der Waals surface area (Å²) in [6, 6.07) is 0. The summed E-state index contributed by atoms with van der Waals surface area (Å²) in [4.78, 5) is 35.5. The Kier molecular flexibility index (Phi) is 6.15. The second-order valence-corrected chi connectivity index (χ2v) is 7.07. The number of hydrogen-bond acceptors (Lipinski definition) is 4. The highest BCUT2D eigenvalue weighted by Gasteiger charge is 2.47. The van der Waals surface area contributed by atoms with E-state index in [9.17, 15) is 19.5 Å². The maximum atomic E-state index is 12.0. The number of methoxy groups -OCH3 is 1. The van der Waals surface area contributed by atoms with Gasteiger partial charge in [0, 0.05) is 5.41 Å². The van der Waals surface area contributed by atoms with Crippen LogP contribution >= 0.6 is 0 Å². The SMILES string of the molecule is CCC(C)(CC(C)(CC(C)(C)C(C)=O)C(=O)O)C(=O)OC. The van der Waals surface area contributed by atoms with Gasteiger partial charge in [0.05, 0.1) is 17.9 Å². The van der Waals surface area contributed by atoms with Gasteiger partial charge in [-0.05, 0) is 40.0 Å². The maximum Gasteiger partial charge on any atom is 0.311 e. The summed E-state index contributed by atoms with van der Waals surface area (Å²) >= 11 is 0. The van der Waals surface area contributed by atoms with Crippen LogP contribution in [0.25, 0.3) is 0 Å². The Morgan fingerprint density at radius 1 is 1.00 bits per heavy atom. The maximum absolute atomic E-state index is 12.0. The molecule has 0 spiro atoms. The van der Waals surface area contributed by atoms with E-state index in [1.54, 1.807) is 27.7 Å². The van der Waals surface area contributed by atoms with E-state index in [0.29, 0.717) is 6.42 Å². The molecule has 0 bridgehead atoms. The quantitative estimate of drug-likeness (QED) is 0.697. The molecule has 0 aliphatic heterocycles. The number of carbonyl (C=O) groups is 3. The molecule has 0 rings (SSSR count). The van der Waals surface area contributed by atoms with Crippen LogP contribution in [0, 0.1) is 16.2 Å². The fourth-order valence-electron chi connectivity index (χ4n) is 2.76. The van der Waals surface area contributed by atoms with Gasteiger partial charge in [-0.15, -0.1) is 0 Å². The molecule has 0 saturated carbocycles. The van der Waals surface area contributed by atoms with Crippen molar-refractivity contribution in [1.29, 1.82) is 0 Å². The summed E-state index contributed by atoms with van der Waals surface area (Å²) in [5.41, 5.74) is -2.80. The van der Waals surface area contributed by atoms with Gasteiger partial charge in [0.2, 0.25) is 0 Å². The number of carboxylic acid groups (broad SMARTS) is 1. The Balaban J connectivity index is 5.55. The Bertz CT molecular complexity index is 426. The van der Waals surface area contributed by atoms with Gasteiger partial charge in [-0.1, -0.05) is 20.8 Å². The van der Waals surface area contributed by atoms with Crippen molar-refractivity contribution in [3.05, 3.63) is 0 Å². The van der Waals surface area contributed by atoms with E-state index in [1.165, 1.54) is 14.0 Å². The lowest BCUT2D eigenvalue weighted by Gasteiger charge is -2.38. The molecule has 0 aromatic carbocycles. The molecule has 0 aliphatic carbocycles. The van der Waals surface area contributed by atoms with Crippen LogP contribution in [0.3, 0.4) is 0 Å². The molecule has 0 heterocycles. The van der Waals surface area contributed by atoms with Gasteiger partial charge in [0.15, 0.2) is 0 Å². The first kappa shape index (κ1) is 19.6. The predicted molar refractivity (Wildman–Crippen MR) is 79.9 cm³/mol. The van der Waals surface area contributed by atoms with Gasteiger partial charge in [-0.2, -0.15) is 0 Å². The van der Waals surface area contributed by atoms with Crippen LogP contribution in [0.4, 0.5) is 0 Å². The smallest absolute Gasteiger partial charge is 0.311 e. The summed E-state index contributed by atoms with van der Waals surface area (Å²) in [5, 5.41) is 9.63. The zero-order chi connectivity index (χ0) is 17.1. The number of esters is 1. The van der Waals surface area contributed by atoms with Crippen LogP contribution in [0.1, 0.15) is 60.8 Å². The average molecular weight is 300 g/mol. The molecule has 0 fully saturated rings. The first-order valence-corrected chi connectivity index (χ1v) is 7.17. The van der Waals surface area contributed by atoms with Crippen LogP contribution < -0.4 is 0 Å². The topological polar surface area (TPSA) is 80.7 Å². The number of hydrogen-bond donors (Lipinski definition) is 1. The van der Waals surface area contributed by atoms with Crippen molar-refractivity contribution in [3.63, 3.8) is 0 Å². The Morgan fingerprint density at radius 3 is 1.76 bits per heavy atom. The van der Waals surface area contributed by atoms with Gasteiger partial charge in [-0.3, -0.25) is 14.4 Å². The molecule has 0 amide bonds. The molecule has 5 heteroatoms. The summed E-state index contributed by atoms with van der Waals surface area (Å²) in [5.74, 6) is -1.48. The van der Waals surface area contributed by atoms with E-state index >= 15 is 0 Å². The lowest BCUT2D eigenvalue weighted by Crippen LogP contribution is -2.42. The van der Waals surface area contributed by atoms with Crippen molar-refractivity contribution in [2.24, 2.45) is 16.2 Å². The molecule has 0 aromatic heterocycles. The second kappa shape index (κ2) is 6.58. The highest BCUT2D eigenvalue weighted by molar-refractivity contribution is 5.84. The van der Waals surface area contributed by atoms with E-state index in [-0.39, 0.29) is 18.6 Å². The summed E-state index contributed by atoms with van der Waals surface area (Å²) in [6.07, 6.45) is 0.787. The highest BCUT2D eigenvalue weighted by Crippen LogP contribution is 2.44. The zero-order valence-corrected chi connectivity index (χ0v) is 14.2. The molecule has 122 valence electrons. The number of ketones is 1. The number of Topliss-reactive ketones (excluding diaryl/α,β-unsaturated/α-hetero) is 1. The van der Waals surface area contributed by atoms with Gasteiger partial charge in [-0.25, -0.2) is 0 Å². The summed E-state index contributed by atoms with van der Waals surface area (Å²) in [6.45, 7) is 10.1. The third-order valence-corrected chi connectivity index (χ3v) is 4.54. The van der Waals surface area contributed by atoms with E-state index in [1.807, 2.05) is 6.92 Å². The predicted octanol–water partition coefficient (Wildman–Crippen LogP) is 3.06. The lowest BCUT2D eigenvalue weighted by atomic mass is 9.64. The first-order valence-electron chi connectivity index (χ1n) is 7.17. The fourth-order valence-corrected chi connectivity index (χ4v) is 2.76. The highest BCUT2D eigenvalue weighted by atomic mass is 16.5. The molecule has 0 aliphatic rings. The number of ether oxygens (including phenoxy) is 1. The lowest BCUT2D eigenvalue weighted by molar-refractivity contribution is -0.160. The third kappa shape index (κ3) is 4.55. The van der Waals surface area contributed by atoms with E-state index in [4.69, 9.17) is 4.74 Å². The Morgan fingerprint density at radius 2 is 1.48 bits per heavy atom. The van der Waals surface area contributed by atoms with E-state index in [0.717, 1.165) is 0 Å². The van der Waals surface area contributed by atoms with Crippen LogP contribution in [0.2, 0.25) is 0 Å². The largest absolute Gasteiger partial charge is 0.481 e. The molecule has 0 saturated heterocycles. The monoisotopic (exact) mass is 300 g/mol. The second-order valence-electron chi connectivity index (χ2n) is 7.07. The van der Waals surface area contributed by atoms with Crippen LogP contribution in [0.5, 0.6) is 0 Å². The molecular formula is C16H28O5. The van der Waals surface area contributed by atoms with Crippen LogP contribution in [0.15, 0.2) is 0 Å². The number of aliphatic carboxylic acids is 1. The molecule has 0 radical (unpaired) electrons. The summed E-state index contributed by atoms with van der Waals surface area (Å²) in [7, 11) is 1.30. The Labute approximate surface area is 127 Å². The standard InChI is InChI=1S/C16H28O5/c1-8-15(5,13(20)21-7)10-16(6,12(18)19)9-14(3,4)11(2)17/h8-10H2,1-7H3,(H,18,19). The van der Waals surface area contributed by atoms with Gasteiger partial charge >= 0.3 is 11.9 Å². The minimum Gasteiger partial charge on any atom is -0.481 e. The van der Waals surface area contributed by atoms with Crippen LogP contribution in [-0.4, -0.2) is 29.9 Å². The third-order valence-electron chi connectivity index (χ3n) is 4.54. The van der Waals surface area contributed by atoms with E-state index < -0.39 is 28.2 Å². The van der Waals surface area contributed by atoms with Gasteiger partial charge in [0.1, 0.15) is 5.78 Å².